The lowest BCUT2D eigenvalue weighted by Gasteiger charge is -2.22. The summed E-state index contributed by atoms with van der Waals surface area (Å²) in [5.41, 5.74) is 13.7. The van der Waals surface area contributed by atoms with E-state index in [4.69, 9.17) is 9.98 Å². The Labute approximate surface area is 273 Å². The maximum atomic E-state index is 5.32. The van der Waals surface area contributed by atoms with Crippen molar-refractivity contribution in [1.82, 2.24) is 0 Å². The summed E-state index contributed by atoms with van der Waals surface area (Å²) in [5, 5.41) is 2.53. The second-order valence-corrected chi connectivity index (χ2v) is 13.9. The summed E-state index contributed by atoms with van der Waals surface area (Å²) < 4.78 is 2.58. The van der Waals surface area contributed by atoms with Crippen molar-refractivity contribution in [2.24, 2.45) is 9.98 Å². The minimum atomic E-state index is -0.316. The van der Waals surface area contributed by atoms with Crippen LogP contribution in [0.3, 0.4) is 0 Å². The van der Waals surface area contributed by atoms with Gasteiger partial charge in [-0.1, -0.05) is 141 Å². The van der Waals surface area contributed by atoms with Crippen LogP contribution in [0.15, 0.2) is 150 Å². The fraction of sp³-hybridized carbons (Fsp3) is 0.116. The number of hydrogen-bond donors (Lipinski definition) is 0. The third-order valence-electron chi connectivity index (χ3n) is 9.83. The van der Waals surface area contributed by atoms with Crippen LogP contribution in [0.5, 0.6) is 0 Å². The molecule has 2 aliphatic rings. The van der Waals surface area contributed by atoms with Gasteiger partial charge in [-0.15, -0.1) is 11.3 Å². The molecule has 0 saturated carbocycles. The van der Waals surface area contributed by atoms with Crippen LogP contribution in [0, 0.1) is 0 Å². The molecule has 1 aliphatic heterocycles. The van der Waals surface area contributed by atoms with Gasteiger partial charge in [-0.2, -0.15) is 0 Å². The number of thiophene rings is 1. The zero-order valence-corrected chi connectivity index (χ0v) is 26.7. The van der Waals surface area contributed by atoms with E-state index in [0.717, 1.165) is 28.1 Å². The maximum absolute atomic E-state index is 5.32. The molecule has 0 radical (unpaired) electrons. The van der Waals surface area contributed by atoms with Gasteiger partial charge >= 0.3 is 0 Å². The lowest BCUT2D eigenvalue weighted by atomic mass is 9.81. The van der Waals surface area contributed by atoms with Crippen molar-refractivity contribution in [2.45, 2.75) is 31.8 Å². The predicted molar refractivity (Wildman–Crippen MR) is 196 cm³/mol. The topological polar surface area (TPSA) is 24.7 Å². The number of nitrogens with zero attached hydrogens (tertiary/aromatic N) is 2. The molecule has 0 amide bonds. The molecular formula is C43H32N2S. The van der Waals surface area contributed by atoms with Gasteiger partial charge in [0.2, 0.25) is 0 Å². The SMILES string of the molecule is CC1(C)c2ccccc2-c2ccc(-c3cccc4c3sc3cccc(C5N=C(c6ccccc6)CC(c6ccccc6)=N5)c34)cc21. The smallest absolute Gasteiger partial charge is 0.166 e. The van der Waals surface area contributed by atoms with Crippen LogP contribution in [-0.2, 0) is 5.41 Å². The Hall–Kier alpha value is -5.12. The van der Waals surface area contributed by atoms with Gasteiger partial charge in [0.15, 0.2) is 6.17 Å². The normalized spacial score (nSPS) is 15.4. The number of fused-ring (bicyclic) bond motifs is 6. The number of hydrogen-bond acceptors (Lipinski definition) is 3. The molecular weight excluding hydrogens is 577 g/mol. The highest BCUT2D eigenvalue weighted by atomic mass is 32.1. The Morgan fingerprint density at radius 1 is 0.565 bits per heavy atom. The highest BCUT2D eigenvalue weighted by Gasteiger charge is 2.35. The average molecular weight is 609 g/mol. The molecule has 0 N–H and O–H groups in total. The summed E-state index contributed by atoms with van der Waals surface area (Å²) in [6.07, 6.45) is 0.400. The largest absolute Gasteiger partial charge is 0.257 e. The second kappa shape index (κ2) is 10.5. The summed E-state index contributed by atoms with van der Waals surface area (Å²) in [4.78, 5) is 10.6. The van der Waals surface area contributed by atoms with Crippen LogP contribution < -0.4 is 0 Å². The summed E-state index contributed by atoms with van der Waals surface area (Å²) in [5.74, 6) is 0. The van der Waals surface area contributed by atoms with E-state index in [2.05, 4.69) is 153 Å². The molecule has 220 valence electrons. The molecule has 0 unspecified atom stereocenters. The van der Waals surface area contributed by atoms with Gasteiger partial charge in [0.1, 0.15) is 0 Å². The van der Waals surface area contributed by atoms with Crippen molar-refractivity contribution in [1.29, 1.82) is 0 Å². The van der Waals surface area contributed by atoms with E-state index in [0.29, 0.717) is 6.42 Å². The Bertz CT molecular complexity index is 2300. The molecule has 0 spiro atoms. The van der Waals surface area contributed by atoms with Gasteiger partial charge in [0, 0.05) is 37.6 Å². The second-order valence-electron chi connectivity index (χ2n) is 12.9. The van der Waals surface area contributed by atoms with E-state index in [-0.39, 0.29) is 11.6 Å². The number of aliphatic imine (C=N–C) groups is 2. The minimum absolute atomic E-state index is 0.0346. The zero-order valence-electron chi connectivity index (χ0n) is 25.9. The Balaban J connectivity index is 1.21. The van der Waals surface area contributed by atoms with Crippen LogP contribution in [0.2, 0.25) is 0 Å². The van der Waals surface area contributed by atoms with E-state index in [1.54, 1.807) is 0 Å². The highest BCUT2D eigenvalue weighted by molar-refractivity contribution is 7.26. The predicted octanol–water partition coefficient (Wildman–Crippen LogP) is 11.4. The molecule has 0 atom stereocenters. The van der Waals surface area contributed by atoms with Gasteiger partial charge in [-0.05, 0) is 56.6 Å². The van der Waals surface area contributed by atoms with E-state index in [1.807, 2.05) is 11.3 Å². The van der Waals surface area contributed by atoms with Gasteiger partial charge < -0.3 is 0 Å². The monoisotopic (exact) mass is 608 g/mol. The van der Waals surface area contributed by atoms with E-state index >= 15 is 0 Å². The first-order valence-corrected chi connectivity index (χ1v) is 16.8. The van der Waals surface area contributed by atoms with Crippen molar-refractivity contribution in [3.8, 4) is 22.3 Å². The fourth-order valence-electron chi connectivity index (χ4n) is 7.52. The van der Waals surface area contributed by atoms with Crippen molar-refractivity contribution >= 4 is 42.9 Å². The third-order valence-corrected chi connectivity index (χ3v) is 11.0. The van der Waals surface area contributed by atoms with Gasteiger partial charge in [-0.25, -0.2) is 0 Å². The highest BCUT2D eigenvalue weighted by Crippen LogP contribution is 2.50. The van der Waals surface area contributed by atoms with E-state index in [1.165, 1.54) is 53.6 Å². The average Bonchev–Trinajstić information content (AvgIpc) is 3.61. The molecule has 1 aliphatic carbocycles. The molecule has 0 fully saturated rings. The molecule has 0 saturated heterocycles. The molecule has 2 heterocycles. The first-order valence-electron chi connectivity index (χ1n) is 16.0. The van der Waals surface area contributed by atoms with Crippen LogP contribution in [0.25, 0.3) is 42.4 Å². The quantitative estimate of drug-likeness (QED) is 0.190. The van der Waals surface area contributed by atoms with E-state index < -0.39 is 0 Å². The molecule has 6 aromatic carbocycles. The molecule has 3 heteroatoms. The van der Waals surface area contributed by atoms with Crippen LogP contribution in [0.1, 0.15) is 54.3 Å². The van der Waals surface area contributed by atoms with Crippen molar-refractivity contribution < 1.29 is 0 Å². The molecule has 1 aromatic heterocycles. The Morgan fingerprint density at radius 2 is 1.20 bits per heavy atom. The lowest BCUT2D eigenvalue weighted by Crippen LogP contribution is -2.18. The zero-order chi connectivity index (χ0) is 30.8. The van der Waals surface area contributed by atoms with E-state index in [9.17, 15) is 0 Å². The van der Waals surface area contributed by atoms with Gasteiger partial charge in [0.05, 0.1) is 11.4 Å². The number of benzene rings is 6. The summed E-state index contributed by atoms with van der Waals surface area (Å²) in [6.45, 7) is 4.71. The summed E-state index contributed by atoms with van der Waals surface area (Å²) in [7, 11) is 0. The molecule has 9 rings (SSSR count). The first-order chi connectivity index (χ1) is 22.6. The molecule has 46 heavy (non-hydrogen) atoms. The van der Waals surface area contributed by atoms with Crippen LogP contribution in [-0.4, -0.2) is 11.4 Å². The molecule has 2 nitrogen and oxygen atoms in total. The van der Waals surface area contributed by atoms with Crippen molar-refractivity contribution in [2.75, 3.05) is 0 Å². The standard InChI is InChI=1S/C43H32N2S/c1-43(2)35-21-10-9-17-31(35)32-24-23-29(25-36(32)43)30-18-11-19-33-40-34(20-12-22-39(40)46-41(30)33)42-44-37(27-13-5-3-6-14-27)26-38(45-42)28-15-7-4-8-16-28/h3-25,42H,26H2,1-2H3. The lowest BCUT2D eigenvalue weighted by molar-refractivity contribution is 0.660. The third kappa shape index (κ3) is 4.23. The number of rotatable bonds is 4. The Morgan fingerprint density at radius 3 is 1.93 bits per heavy atom. The van der Waals surface area contributed by atoms with Crippen LogP contribution >= 0.6 is 11.3 Å². The van der Waals surface area contributed by atoms with Crippen LogP contribution in [0.4, 0.5) is 0 Å². The fourth-order valence-corrected chi connectivity index (χ4v) is 8.79. The van der Waals surface area contributed by atoms with Crippen molar-refractivity contribution in [3.05, 3.63) is 167 Å². The van der Waals surface area contributed by atoms with Gasteiger partial charge in [-0.3, -0.25) is 9.98 Å². The first kappa shape index (κ1) is 27.2. The maximum Gasteiger partial charge on any atom is 0.166 e. The van der Waals surface area contributed by atoms with Gasteiger partial charge in [0.25, 0.3) is 0 Å². The Kier molecular flexibility index (Phi) is 6.19. The van der Waals surface area contributed by atoms with Crippen molar-refractivity contribution in [3.63, 3.8) is 0 Å². The molecule has 7 aromatic rings. The minimum Gasteiger partial charge on any atom is -0.257 e. The summed E-state index contributed by atoms with van der Waals surface area (Å²) >= 11 is 1.88. The molecule has 0 bridgehead atoms. The summed E-state index contributed by atoms with van der Waals surface area (Å²) in [6, 6.07) is 50.5.